The zero-order valence-electron chi connectivity index (χ0n) is 8.85. The summed E-state index contributed by atoms with van der Waals surface area (Å²) in [4.78, 5) is 2.30. The molecule has 1 fully saturated rings. The summed E-state index contributed by atoms with van der Waals surface area (Å²) in [5, 5.41) is 0. The molecule has 0 aliphatic carbocycles. The molecule has 0 radical (unpaired) electrons. The molecule has 0 aromatic carbocycles. The van der Waals surface area contributed by atoms with Gasteiger partial charge in [0.05, 0.1) is 6.61 Å². The summed E-state index contributed by atoms with van der Waals surface area (Å²) >= 11 is 0. The summed E-state index contributed by atoms with van der Waals surface area (Å²) in [5.41, 5.74) is 0. The van der Waals surface area contributed by atoms with Gasteiger partial charge in [-0.15, -0.1) is 0 Å². The highest BCUT2D eigenvalue weighted by atomic mass is 19.3. The van der Waals surface area contributed by atoms with Crippen LogP contribution in [0.15, 0.2) is 0 Å². The van der Waals surface area contributed by atoms with Gasteiger partial charge in [0.2, 0.25) is 6.93 Å². The van der Waals surface area contributed by atoms with Crippen molar-refractivity contribution in [1.82, 2.24) is 4.90 Å². The molecule has 0 aromatic heterocycles. The van der Waals surface area contributed by atoms with Crippen molar-refractivity contribution in [2.75, 3.05) is 40.3 Å². The summed E-state index contributed by atoms with van der Waals surface area (Å²) in [7, 11) is 2.13. The van der Waals surface area contributed by atoms with Crippen LogP contribution in [-0.2, 0) is 4.74 Å². The second-order valence-corrected chi connectivity index (χ2v) is 2.37. The van der Waals surface area contributed by atoms with Gasteiger partial charge in [-0.1, -0.05) is 13.8 Å². The van der Waals surface area contributed by atoms with E-state index in [0.29, 0.717) is 0 Å². The molecule has 0 spiro atoms. The molecule has 0 unspecified atom stereocenters. The normalized spacial score (nSPS) is 17.3. The van der Waals surface area contributed by atoms with Crippen molar-refractivity contribution in [3.8, 4) is 0 Å². The van der Waals surface area contributed by atoms with Crippen LogP contribution in [0, 0.1) is 0 Å². The first-order valence-electron chi connectivity index (χ1n) is 4.69. The van der Waals surface area contributed by atoms with Crippen LogP contribution >= 0.6 is 0 Å². The lowest BCUT2D eigenvalue weighted by atomic mass is 10.4. The zero-order chi connectivity index (χ0) is 10.5. The lowest BCUT2D eigenvalue weighted by Crippen LogP contribution is -2.20. The van der Waals surface area contributed by atoms with Crippen molar-refractivity contribution < 1.29 is 13.5 Å². The molecule has 0 bridgehead atoms. The molecule has 0 aromatic rings. The third-order valence-corrected chi connectivity index (χ3v) is 1.45. The maximum Gasteiger partial charge on any atom is 0.229 e. The molecule has 2 nitrogen and oxygen atoms in total. The van der Waals surface area contributed by atoms with E-state index in [1.807, 2.05) is 13.8 Å². The highest BCUT2D eigenvalue weighted by molar-refractivity contribution is 4.53. The van der Waals surface area contributed by atoms with Crippen LogP contribution in [0.5, 0.6) is 0 Å². The standard InChI is InChI=1S/C6H13NO.C2H6.CH2F2/c1-7-3-2-5-8-6-4-7;1-2;2-1-3/h2-6H2,1H3;1-2H3;1H2. The van der Waals surface area contributed by atoms with Crippen molar-refractivity contribution in [3.63, 3.8) is 0 Å². The third-order valence-electron chi connectivity index (χ3n) is 1.45. The van der Waals surface area contributed by atoms with E-state index in [4.69, 9.17) is 4.74 Å². The molecule has 1 heterocycles. The Balaban J connectivity index is 0. The van der Waals surface area contributed by atoms with E-state index in [2.05, 4.69) is 11.9 Å². The Bertz CT molecular complexity index is 76.0. The molecule has 0 atom stereocenters. The predicted molar refractivity (Wildman–Crippen MR) is 51.4 cm³/mol. The number of halogens is 2. The van der Waals surface area contributed by atoms with Gasteiger partial charge in [-0.05, 0) is 13.5 Å². The Morgan fingerprint density at radius 3 is 2.23 bits per heavy atom. The first-order chi connectivity index (χ1) is 6.31. The summed E-state index contributed by atoms with van der Waals surface area (Å²) in [5.74, 6) is 0. The molecule has 13 heavy (non-hydrogen) atoms. The maximum atomic E-state index is 9.62. The van der Waals surface area contributed by atoms with Gasteiger partial charge in [0.25, 0.3) is 0 Å². The van der Waals surface area contributed by atoms with Crippen LogP contribution in [0.3, 0.4) is 0 Å². The summed E-state index contributed by atoms with van der Waals surface area (Å²) in [6.07, 6.45) is 1.19. The van der Waals surface area contributed by atoms with Crippen LogP contribution in [0.4, 0.5) is 8.78 Å². The largest absolute Gasteiger partial charge is 0.380 e. The van der Waals surface area contributed by atoms with E-state index in [-0.39, 0.29) is 0 Å². The molecule has 82 valence electrons. The van der Waals surface area contributed by atoms with E-state index in [0.717, 1.165) is 19.8 Å². The fourth-order valence-corrected chi connectivity index (χ4v) is 0.871. The molecule has 0 amide bonds. The molecule has 0 saturated carbocycles. The van der Waals surface area contributed by atoms with Crippen molar-refractivity contribution in [2.45, 2.75) is 20.3 Å². The molecule has 0 N–H and O–H groups in total. The van der Waals surface area contributed by atoms with Gasteiger partial charge in [-0.25, -0.2) is 8.78 Å². The minimum atomic E-state index is -1.75. The lowest BCUT2D eigenvalue weighted by Gasteiger charge is -2.09. The number of hydrogen-bond donors (Lipinski definition) is 0. The molecule has 1 aliphatic rings. The Hall–Kier alpha value is -0.220. The van der Waals surface area contributed by atoms with Crippen molar-refractivity contribution >= 4 is 0 Å². The monoisotopic (exact) mass is 197 g/mol. The Labute approximate surface area is 79.9 Å². The summed E-state index contributed by atoms with van der Waals surface area (Å²) in [6, 6.07) is 0. The fraction of sp³-hybridized carbons (Fsp3) is 1.00. The van der Waals surface area contributed by atoms with Crippen molar-refractivity contribution in [3.05, 3.63) is 0 Å². The highest BCUT2D eigenvalue weighted by Gasteiger charge is 2.01. The number of hydrogen-bond acceptors (Lipinski definition) is 2. The average molecular weight is 197 g/mol. The van der Waals surface area contributed by atoms with Crippen LogP contribution < -0.4 is 0 Å². The minimum Gasteiger partial charge on any atom is -0.380 e. The van der Waals surface area contributed by atoms with Crippen molar-refractivity contribution in [2.24, 2.45) is 0 Å². The van der Waals surface area contributed by atoms with Gasteiger partial charge in [0.15, 0.2) is 0 Å². The number of nitrogens with zero attached hydrogens (tertiary/aromatic N) is 1. The first-order valence-corrected chi connectivity index (χ1v) is 4.69. The topological polar surface area (TPSA) is 12.5 Å². The van der Waals surface area contributed by atoms with E-state index in [9.17, 15) is 8.78 Å². The molecule has 4 heteroatoms. The number of rotatable bonds is 0. The number of likely N-dealkylation sites (N-methyl/N-ethyl adjacent to an activating group) is 1. The molecular weight excluding hydrogens is 176 g/mol. The van der Waals surface area contributed by atoms with Gasteiger partial charge in [0.1, 0.15) is 0 Å². The second kappa shape index (κ2) is 14.3. The minimum absolute atomic E-state index is 0.913. The highest BCUT2D eigenvalue weighted by Crippen LogP contribution is 1.93. The van der Waals surface area contributed by atoms with E-state index in [1.54, 1.807) is 0 Å². The van der Waals surface area contributed by atoms with Gasteiger partial charge in [-0.3, -0.25) is 0 Å². The molecule has 1 aliphatic heterocycles. The SMILES string of the molecule is CC.CN1CCCOCC1.FCF. The Morgan fingerprint density at radius 1 is 1.15 bits per heavy atom. The van der Waals surface area contributed by atoms with E-state index >= 15 is 0 Å². The quantitative estimate of drug-likeness (QED) is 0.590. The smallest absolute Gasteiger partial charge is 0.229 e. The summed E-state index contributed by atoms with van der Waals surface area (Å²) in [6.45, 7) is 6.40. The van der Waals surface area contributed by atoms with Crippen LogP contribution in [0.25, 0.3) is 0 Å². The average Bonchev–Trinajstić information content (AvgIpc) is 2.38. The van der Waals surface area contributed by atoms with Crippen LogP contribution in [-0.4, -0.2) is 45.2 Å². The Morgan fingerprint density at radius 2 is 1.69 bits per heavy atom. The zero-order valence-corrected chi connectivity index (χ0v) is 8.85. The van der Waals surface area contributed by atoms with Gasteiger partial charge in [-0.2, -0.15) is 0 Å². The molecule has 1 rings (SSSR count). The Kier molecular flexibility index (Phi) is 16.8. The van der Waals surface area contributed by atoms with Crippen molar-refractivity contribution in [1.29, 1.82) is 0 Å². The van der Waals surface area contributed by atoms with Gasteiger partial charge in [0, 0.05) is 19.7 Å². The molecule has 1 saturated heterocycles. The lowest BCUT2D eigenvalue weighted by molar-refractivity contribution is 0.144. The predicted octanol–water partition coefficient (Wildman–Crippen LogP) is 2.25. The number of ether oxygens (including phenoxy) is 1. The summed E-state index contributed by atoms with van der Waals surface area (Å²) < 4.78 is 24.5. The second-order valence-electron chi connectivity index (χ2n) is 2.37. The van der Waals surface area contributed by atoms with E-state index in [1.165, 1.54) is 13.0 Å². The van der Waals surface area contributed by atoms with Crippen LogP contribution in [0.1, 0.15) is 20.3 Å². The fourth-order valence-electron chi connectivity index (χ4n) is 0.871. The van der Waals surface area contributed by atoms with Gasteiger partial charge < -0.3 is 9.64 Å². The number of alkyl halides is 2. The maximum absolute atomic E-state index is 9.62. The van der Waals surface area contributed by atoms with Gasteiger partial charge >= 0.3 is 0 Å². The molecular formula is C9H21F2NO. The first kappa shape index (κ1) is 15.3. The van der Waals surface area contributed by atoms with E-state index < -0.39 is 6.93 Å². The third kappa shape index (κ3) is 14.6. The van der Waals surface area contributed by atoms with Crippen LogP contribution in [0.2, 0.25) is 0 Å².